The fraction of sp³-hybridized carbons (Fsp3) is 0.250. The van der Waals surface area contributed by atoms with Crippen LogP contribution in [0.3, 0.4) is 0 Å². The third-order valence-electron chi connectivity index (χ3n) is 2.85. The number of halogens is 1. The van der Waals surface area contributed by atoms with Crippen LogP contribution in [0.1, 0.15) is 11.3 Å². The molecule has 0 aliphatic rings. The van der Waals surface area contributed by atoms with E-state index in [0.717, 1.165) is 5.56 Å². The molecule has 0 aliphatic heterocycles. The van der Waals surface area contributed by atoms with E-state index in [0.29, 0.717) is 29.9 Å². The second-order valence-electron chi connectivity index (χ2n) is 4.67. The van der Waals surface area contributed by atoms with Crippen LogP contribution in [0.25, 0.3) is 6.08 Å². The Bertz CT molecular complexity index is 692. The van der Waals surface area contributed by atoms with Gasteiger partial charge in [-0.05, 0) is 29.8 Å². The zero-order valence-electron chi connectivity index (χ0n) is 13.1. The minimum Gasteiger partial charge on any atom is -0.474 e. The van der Waals surface area contributed by atoms with Crippen molar-refractivity contribution in [2.75, 3.05) is 20.3 Å². The quantitative estimate of drug-likeness (QED) is 0.445. The van der Waals surface area contributed by atoms with Crippen LogP contribution >= 0.6 is 11.6 Å². The van der Waals surface area contributed by atoms with Crippen LogP contribution in [-0.4, -0.2) is 41.4 Å². The summed E-state index contributed by atoms with van der Waals surface area (Å²) in [5, 5.41) is 11.0. The summed E-state index contributed by atoms with van der Waals surface area (Å²) >= 11 is 5.78. The summed E-state index contributed by atoms with van der Waals surface area (Å²) < 4.78 is 10.2. The van der Waals surface area contributed by atoms with Crippen LogP contribution in [0.5, 0.6) is 5.88 Å². The number of hydrogen-bond acceptors (Lipinski definition) is 6. The smallest absolute Gasteiger partial charge is 0.244 e. The molecule has 1 amide bonds. The van der Waals surface area contributed by atoms with Crippen molar-refractivity contribution in [3.63, 3.8) is 0 Å². The van der Waals surface area contributed by atoms with Crippen LogP contribution in [-0.2, 0) is 16.1 Å². The Kier molecular flexibility index (Phi) is 7.13. The SMILES string of the molecule is COCCOc1ccc(CNC(=O)/C=C/c2ccnc(Cl)c2)nn1. The van der Waals surface area contributed by atoms with E-state index in [2.05, 4.69) is 20.5 Å². The zero-order valence-corrected chi connectivity index (χ0v) is 13.9. The van der Waals surface area contributed by atoms with E-state index >= 15 is 0 Å². The molecular formula is C16H17ClN4O3. The van der Waals surface area contributed by atoms with Crippen molar-refractivity contribution in [3.8, 4) is 5.88 Å². The lowest BCUT2D eigenvalue weighted by Gasteiger charge is -2.05. The molecule has 0 fully saturated rings. The largest absolute Gasteiger partial charge is 0.474 e. The number of amides is 1. The molecule has 0 saturated heterocycles. The Morgan fingerprint density at radius 1 is 1.29 bits per heavy atom. The number of carbonyl (C=O) groups is 1. The van der Waals surface area contributed by atoms with Crippen LogP contribution in [0.15, 0.2) is 36.5 Å². The van der Waals surface area contributed by atoms with Gasteiger partial charge < -0.3 is 14.8 Å². The van der Waals surface area contributed by atoms with E-state index in [-0.39, 0.29) is 12.5 Å². The first-order chi connectivity index (χ1) is 11.7. The number of carbonyl (C=O) groups excluding carboxylic acids is 1. The number of nitrogens with one attached hydrogen (secondary N) is 1. The summed E-state index contributed by atoms with van der Waals surface area (Å²) in [5.74, 6) is 0.168. The summed E-state index contributed by atoms with van der Waals surface area (Å²) in [6, 6.07) is 6.85. The first-order valence-electron chi connectivity index (χ1n) is 7.19. The van der Waals surface area contributed by atoms with Crippen molar-refractivity contribution in [3.05, 3.63) is 52.9 Å². The Morgan fingerprint density at radius 3 is 2.88 bits per heavy atom. The topological polar surface area (TPSA) is 86.2 Å². The van der Waals surface area contributed by atoms with Crippen molar-refractivity contribution in [1.82, 2.24) is 20.5 Å². The Hall–Kier alpha value is -2.51. The van der Waals surface area contributed by atoms with E-state index in [1.807, 2.05) is 0 Å². The van der Waals surface area contributed by atoms with Crippen molar-refractivity contribution in [2.45, 2.75) is 6.54 Å². The van der Waals surface area contributed by atoms with Crippen molar-refractivity contribution in [1.29, 1.82) is 0 Å². The highest BCUT2D eigenvalue weighted by Crippen LogP contribution is 2.08. The molecule has 7 nitrogen and oxygen atoms in total. The van der Waals surface area contributed by atoms with Crippen LogP contribution in [0.4, 0.5) is 0 Å². The van der Waals surface area contributed by atoms with Crippen LogP contribution in [0, 0.1) is 0 Å². The standard InChI is InChI=1S/C16H17ClN4O3/c1-23-8-9-24-16-5-3-13(20-21-16)11-19-15(22)4-2-12-6-7-18-14(17)10-12/h2-7,10H,8-9,11H2,1H3,(H,19,22)/b4-2+. The van der Waals surface area contributed by atoms with E-state index in [4.69, 9.17) is 21.1 Å². The Balaban J connectivity index is 1.79. The van der Waals surface area contributed by atoms with E-state index < -0.39 is 0 Å². The molecule has 0 unspecified atom stereocenters. The first kappa shape index (κ1) is 17.8. The van der Waals surface area contributed by atoms with Gasteiger partial charge in [-0.3, -0.25) is 4.79 Å². The van der Waals surface area contributed by atoms with Crippen LogP contribution in [0.2, 0.25) is 5.15 Å². The molecule has 0 spiro atoms. The Labute approximate surface area is 144 Å². The lowest BCUT2D eigenvalue weighted by molar-refractivity contribution is -0.116. The highest BCUT2D eigenvalue weighted by Gasteiger charge is 2.01. The predicted molar refractivity (Wildman–Crippen MR) is 89.5 cm³/mol. The molecule has 0 aliphatic carbocycles. The monoisotopic (exact) mass is 348 g/mol. The summed E-state index contributed by atoms with van der Waals surface area (Å²) in [4.78, 5) is 15.7. The Morgan fingerprint density at radius 2 is 2.17 bits per heavy atom. The first-order valence-corrected chi connectivity index (χ1v) is 7.57. The molecule has 2 rings (SSSR count). The van der Waals surface area contributed by atoms with Gasteiger partial charge in [0.1, 0.15) is 11.8 Å². The second-order valence-corrected chi connectivity index (χ2v) is 5.05. The molecule has 0 radical (unpaired) electrons. The number of nitrogens with zero attached hydrogens (tertiary/aromatic N) is 3. The fourth-order valence-corrected chi connectivity index (χ4v) is 1.86. The van der Waals surface area contributed by atoms with Gasteiger partial charge in [-0.25, -0.2) is 4.98 Å². The van der Waals surface area contributed by atoms with Gasteiger partial charge in [0.25, 0.3) is 0 Å². The molecule has 0 bridgehead atoms. The van der Waals surface area contributed by atoms with Crippen molar-refractivity contribution >= 4 is 23.6 Å². The summed E-state index contributed by atoms with van der Waals surface area (Å²) in [5.41, 5.74) is 1.42. The van der Waals surface area contributed by atoms with Crippen molar-refractivity contribution < 1.29 is 14.3 Å². The average Bonchev–Trinajstić information content (AvgIpc) is 2.59. The van der Waals surface area contributed by atoms with E-state index in [9.17, 15) is 4.79 Å². The number of pyridine rings is 1. The number of rotatable bonds is 8. The highest BCUT2D eigenvalue weighted by atomic mass is 35.5. The molecule has 8 heteroatoms. The molecule has 2 aromatic heterocycles. The van der Waals surface area contributed by atoms with Gasteiger partial charge >= 0.3 is 0 Å². The van der Waals surface area contributed by atoms with Crippen molar-refractivity contribution in [2.24, 2.45) is 0 Å². The highest BCUT2D eigenvalue weighted by molar-refractivity contribution is 6.29. The van der Waals surface area contributed by atoms with Gasteiger partial charge in [-0.2, -0.15) is 5.10 Å². The summed E-state index contributed by atoms with van der Waals surface area (Å²) in [6.45, 7) is 1.16. The number of ether oxygens (including phenoxy) is 2. The molecular weight excluding hydrogens is 332 g/mol. The molecule has 24 heavy (non-hydrogen) atoms. The molecule has 0 aromatic carbocycles. The van der Waals surface area contributed by atoms with Gasteiger partial charge in [0.05, 0.1) is 18.8 Å². The fourth-order valence-electron chi connectivity index (χ4n) is 1.68. The van der Waals surface area contributed by atoms with Gasteiger partial charge in [0.15, 0.2) is 0 Å². The third-order valence-corrected chi connectivity index (χ3v) is 3.06. The number of aromatic nitrogens is 3. The summed E-state index contributed by atoms with van der Waals surface area (Å²) in [7, 11) is 1.60. The molecule has 0 saturated carbocycles. The van der Waals surface area contributed by atoms with Crippen LogP contribution < -0.4 is 10.1 Å². The molecule has 126 valence electrons. The maximum atomic E-state index is 11.8. The predicted octanol–water partition coefficient (Wildman–Crippen LogP) is 1.88. The van der Waals surface area contributed by atoms with E-state index in [1.165, 1.54) is 6.08 Å². The lowest BCUT2D eigenvalue weighted by Crippen LogP contribution is -2.21. The zero-order chi connectivity index (χ0) is 17.2. The molecule has 0 atom stereocenters. The second kappa shape index (κ2) is 9.59. The maximum Gasteiger partial charge on any atom is 0.244 e. The average molecular weight is 349 g/mol. The van der Waals surface area contributed by atoms with Gasteiger partial charge in [-0.1, -0.05) is 11.6 Å². The third kappa shape index (κ3) is 6.31. The van der Waals surface area contributed by atoms with E-state index in [1.54, 1.807) is 43.6 Å². The minimum absolute atomic E-state index is 0.245. The number of hydrogen-bond donors (Lipinski definition) is 1. The normalized spacial score (nSPS) is 10.8. The summed E-state index contributed by atoms with van der Waals surface area (Å²) in [6.07, 6.45) is 4.65. The molecule has 1 N–H and O–H groups in total. The molecule has 2 heterocycles. The maximum absolute atomic E-state index is 11.8. The minimum atomic E-state index is -0.245. The van der Waals surface area contributed by atoms with Gasteiger partial charge in [0, 0.05) is 25.4 Å². The lowest BCUT2D eigenvalue weighted by atomic mass is 10.2. The van der Waals surface area contributed by atoms with Gasteiger partial charge in [0.2, 0.25) is 11.8 Å². The number of methoxy groups -OCH3 is 1. The molecule has 2 aromatic rings. The van der Waals surface area contributed by atoms with Gasteiger partial charge in [-0.15, -0.1) is 5.10 Å².